The van der Waals surface area contributed by atoms with Gasteiger partial charge in [-0.3, -0.25) is 9.59 Å². The second kappa shape index (κ2) is 20.3. The SMILES string of the molecule is CC(C)(C)OC(=O)NC1(C)CCCC1N.CC(C)(C)OC(=O)NC1(C)CCCC1NC(=O)c1ccccc1-n1nccn1.CC1(N)CCCC1NC(=O)c1ccccc1-n1nccn1. The zero-order chi connectivity index (χ0) is 46.9. The molecule has 4 amide bonds. The van der Waals surface area contributed by atoms with Crippen LogP contribution in [0.25, 0.3) is 11.4 Å². The lowest BCUT2D eigenvalue weighted by molar-refractivity contribution is 0.0439. The van der Waals surface area contributed by atoms with Crippen molar-refractivity contribution in [3.8, 4) is 11.4 Å². The Hall–Kier alpha value is -5.88. The Kier molecular flexibility index (Phi) is 15.6. The minimum Gasteiger partial charge on any atom is -0.444 e. The van der Waals surface area contributed by atoms with Gasteiger partial charge in [-0.2, -0.15) is 30.0 Å². The normalized spacial score (nSPS) is 25.1. The van der Waals surface area contributed by atoms with Crippen molar-refractivity contribution >= 4 is 24.0 Å². The Bertz CT molecular complexity index is 2180. The average molecular weight is 885 g/mol. The van der Waals surface area contributed by atoms with Gasteiger partial charge in [0.1, 0.15) is 11.2 Å². The van der Waals surface area contributed by atoms with Crippen molar-refractivity contribution in [1.82, 2.24) is 51.3 Å². The molecule has 4 aromatic rings. The number of carbonyl (C=O) groups excluding carboxylic acids is 4. The Labute approximate surface area is 376 Å². The first-order valence-corrected chi connectivity index (χ1v) is 22.1. The molecule has 0 bridgehead atoms. The third-order valence-electron chi connectivity index (χ3n) is 11.7. The fourth-order valence-electron chi connectivity index (χ4n) is 8.23. The van der Waals surface area contributed by atoms with E-state index in [0.29, 0.717) is 22.5 Å². The Balaban J connectivity index is 0.000000190. The number of nitrogens with one attached hydrogen (secondary N) is 4. The van der Waals surface area contributed by atoms with Crippen LogP contribution in [-0.4, -0.2) is 99.9 Å². The predicted octanol–water partition coefficient (Wildman–Crippen LogP) is 5.88. The number of hydrogen-bond donors (Lipinski definition) is 6. The first kappa shape index (κ1) is 49.1. The Morgan fingerprint density at radius 1 is 0.609 bits per heavy atom. The monoisotopic (exact) mass is 885 g/mol. The maximum atomic E-state index is 13.0. The summed E-state index contributed by atoms with van der Waals surface area (Å²) >= 11 is 0. The minimum absolute atomic E-state index is 0.00337. The fraction of sp³-hybridized carbons (Fsp3) is 0.565. The van der Waals surface area contributed by atoms with Gasteiger partial charge in [-0.1, -0.05) is 24.3 Å². The van der Waals surface area contributed by atoms with E-state index in [-0.39, 0.29) is 47.1 Å². The van der Waals surface area contributed by atoms with Crippen molar-refractivity contribution in [2.45, 2.75) is 166 Å². The standard InChI is InChI=1S/C20H27N5O3.C15H19N5O.C11H22N2O2/c1-19(2,3)28-18(27)24-20(4)11-7-10-16(20)23-17(26)14-8-5-6-9-15(14)25-21-12-13-22-25;1-15(16)8-4-7-13(15)19-14(21)11-5-2-3-6-12(11)20-17-9-10-18-20;1-10(2,3)15-9(14)13-11(4)7-5-6-8(11)12/h5-6,8-9,12-13,16H,7,10-11H2,1-4H3,(H,23,26)(H,24,27);2-3,5-6,9-10,13H,4,7-8,16H2,1H3,(H,19,21);8H,5-7,12H2,1-4H3,(H,13,14). The zero-order valence-corrected chi connectivity index (χ0v) is 38.8. The van der Waals surface area contributed by atoms with Gasteiger partial charge in [0.2, 0.25) is 0 Å². The molecule has 0 radical (unpaired) electrons. The number of rotatable bonds is 8. The van der Waals surface area contributed by atoms with E-state index in [1.54, 1.807) is 49.1 Å². The minimum atomic E-state index is -0.576. The van der Waals surface area contributed by atoms with E-state index in [9.17, 15) is 19.2 Å². The van der Waals surface area contributed by atoms with Gasteiger partial charge in [-0.05, 0) is 144 Å². The van der Waals surface area contributed by atoms with Crippen LogP contribution in [0.3, 0.4) is 0 Å². The third-order valence-corrected chi connectivity index (χ3v) is 11.7. The van der Waals surface area contributed by atoms with Crippen LogP contribution in [0.15, 0.2) is 73.3 Å². The number of para-hydroxylation sites is 2. The molecular formula is C46H68N12O6. The molecule has 18 nitrogen and oxygen atoms in total. The van der Waals surface area contributed by atoms with Crippen LogP contribution in [0, 0.1) is 0 Å². The zero-order valence-electron chi connectivity index (χ0n) is 38.8. The third kappa shape index (κ3) is 13.3. The summed E-state index contributed by atoms with van der Waals surface area (Å²) in [5, 5.41) is 28.4. The number of nitrogens with zero attached hydrogens (tertiary/aromatic N) is 6. The largest absolute Gasteiger partial charge is 0.444 e. The molecule has 2 aromatic carbocycles. The van der Waals surface area contributed by atoms with E-state index in [1.807, 2.05) is 86.6 Å². The van der Waals surface area contributed by atoms with Crippen molar-refractivity contribution < 1.29 is 28.7 Å². The van der Waals surface area contributed by atoms with E-state index in [2.05, 4.69) is 41.7 Å². The molecule has 3 saturated carbocycles. The molecule has 8 N–H and O–H groups in total. The van der Waals surface area contributed by atoms with Crippen molar-refractivity contribution in [3.63, 3.8) is 0 Å². The highest BCUT2D eigenvalue weighted by molar-refractivity contribution is 5.98. The Morgan fingerprint density at radius 2 is 1.00 bits per heavy atom. The quantitative estimate of drug-likeness (QED) is 0.121. The molecule has 0 aliphatic heterocycles. The summed E-state index contributed by atoms with van der Waals surface area (Å²) in [5.41, 5.74) is 12.2. The molecule has 6 atom stereocenters. The number of carbonyl (C=O) groups is 4. The van der Waals surface area contributed by atoms with Crippen molar-refractivity contribution in [3.05, 3.63) is 84.4 Å². The van der Waals surface area contributed by atoms with Gasteiger partial charge in [-0.25, -0.2) is 9.59 Å². The summed E-state index contributed by atoms with van der Waals surface area (Å²) in [7, 11) is 0. The smallest absolute Gasteiger partial charge is 0.408 e. The molecule has 18 heteroatoms. The lowest BCUT2D eigenvalue weighted by Crippen LogP contribution is -2.58. The number of nitrogens with two attached hydrogens (primary N) is 2. The van der Waals surface area contributed by atoms with Crippen molar-refractivity contribution in [1.29, 1.82) is 0 Å². The maximum absolute atomic E-state index is 13.0. The molecule has 0 spiro atoms. The second-order valence-electron chi connectivity index (χ2n) is 19.6. The molecular weight excluding hydrogens is 817 g/mol. The summed E-state index contributed by atoms with van der Waals surface area (Å²) in [5.74, 6) is -0.358. The highest BCUT2D eigenvalue weighted by Crippen LogP contribution is 2.32. The lowest BCUT2D eigenvalue weighted by Gasteiger charge is -2.34. The van der Waals surface area contributed by atoms with Gasteiger partial charge in [-0.15, -0.1) is 0 Å². The molecule has 3 fully saturated rings. The van der Waals surface area contributed by atoms with Crippen LogP contribution in [0.2, 0.25) is 0 Å². The van der Waals surface area contributed by atoms with E-state index in [0.717, 1.165) is 57.8 Å². The number of ether oxygens (including phenoxy) is 2. The number of aromatic nitrogens is 6. The fourth-order valence-corrected chi connectivity index (χ4v) is 8.23. The van der Waals surface area contributed by atoms with Crippen LogP contribution in [0.1, 0.15) is 141 Å². The first-order chi connectivity index (χ1) is 30.0. The number of benzene rings is 2. The predicted molar refractivity (Wildman–Crippen MR) is 243 cm³/mol. The highest BCUT2D eigenvalue weighted by Gasteiger charge is 2.42. The van der Waals surface area contributed by atoms with Crippen LogP contribution in [-0.2, 0) is 9.47 Å². The van der Waals surface area contributed by atoms with Crippen LogP contribution >= 0.6 is 0 Å². The molecule has 3 aliphatic carbocycles. The molecule has 348 valence electrons. The summed E-state index contributed by atoms with van der Waals surface area (Å²) in [6.07, 6.45) is 13.7. The number of hydrogen-bond acceptors (Lipinski definition) is 12. The summed E-state index contributed by atoms with van der Waals surface area (Å²) in [4.78, 5) is 52.3. The molecule has 2 heterocycles. The molecule has 6 unspecified atom stereocenters. The lowest BCUT2D eigenvalue weighted by atomic mass is 9.95. The average Bonchev–Trinajstić information content (AvgIpc) is 4.06. The van der Waals surface area contributed by atoms with Crippen LogP contribution in [0.4, 0.5) is 9.59 Å². The van der Waals surface area contributed by atoms with Crippen molar-refractivity contribution in [2.75, 3.05) is 0 Å². The van der Waals surface area contributed by atoms with Gasteiger partial charge in [0, 0.05) is 17.6 Å². The van der Waals surface area contributed by atoms with Gasteiger partial charge in [0.25, 0.3) is 11.8 Å². The van der Waals surface area contributed by atoms with E-state index < -0.39 is 22.8 Å². The molecule has 3 aliphatic rings. The van der Waals surface area contributed by atoms with Crippen molar-refractivity contribution in [2.24, 2.45) is 11.5 Å². The molecule has 2 aromatic heterocycles. The maximum Gasteiger partial charge on any atom is 0.408 e. The van der Waals surface area contributed by atoms with E-state index in [1.165, 1.54) is 9.59 Å². The van der Waals surface area contributed by atoms with Gasteiger partial charge in [0.15, 0.2) is 0 Å². The molecule has 0 saturated heterocycles. The summed E-state index contributed by atoms with van der Waals surface area (Å²) in [6.45, 7) is 16.9. The molecule has 7 rings (SSSR count). The van der Waals surface area contributed by atoms with Crippen LogP contribution < -0.4 is 32.7 Å². The highest BCUT2D eigenvalue weighted by atomic mass is 16.6. The summed E-state index contributed by atoms with van der Waals surface area (Å²) in [6, 6.07) is 14.3. The number of amides is 4. The van der Waals surface area contributed by atoms with Gasteiger partial charge < -0.3 is 42.2 Å². The second-order valence-corrected chi connectivity index (χ2v) is 19.6. The number of alkyl carbamates (subject to hydrolysis) is 2. The van der Waals surface area contributed by atoms with Gasteiger partial charge >= 0.3 is 12.2 Å². The van der Waals surface area contributed by atoms with Crippen LogP contribution in [0.5, 0.6) is 0 Å². The first-order valence-electron chi connectivity index (χ1n) is 22.1. The summed E-state index contributed by atoms with van der Waals surface area (Å²) < 4.78 is 10.6. The molecule has 64 heavy (non-hydrogen) atoms. The van der Waals surface area contributed by atoms with Gasteiger partial charge in [0.05, 0.1) is 64.4 Å². The topological polar surface area (TPSA) is 248 Å². The Morgan fingerprint density at radius 3 is 1.42 bits per heavy atom. The van der Waals surface area contributed by atoms with E-state index in [4.69, 9.17) is 20.9 Å². The van der Waals surface area contributed by atoms with E-state index >= 15 is 0 Å².